The van der Waals surface area contributed by atoms with Gasteiger partial charge in [0.2, 0.25) is 5.91 Å². The predicted molar refractivity (Wildman–Crippen MR) is 122 cm³/mol. The number of amides is 1. The summed E-state index contributed by atoms with van der Waals surface area (Å²) in [5.41, 5.74) is 2.01. The molecule has 31 heavy (non-hydrogen) atoms. The van der Waals surface area contributed by atoms with Crippen LogP contribution < -0.4 is 10.9 Å². The first kappa shape index (κ1) is 20.8. The molecule has 158 valence electrons. The number of aromatic amines is 1. The van der Waals surface area contributed by atoms with Crippen LogP contribution in [0, 0.1) is 11.7 Å². The molecule has 4 aromatic rings. The van der Waals surface area contributed by atoms with Gasteiger partial charge in [0.1, 0.15) is 12.2 Å². The van der Waals surface area contributed by atoms with Gasteiger partial charge >= 0.3 is 0 Å². The molecule has 0 aliphatic carbocycles. The van der Waals surface area contributed by atoms with Gasteiger partial charge in [-0.2, -0.15) is 5.10 Å². The molecule has 0 aliphatic heterocycles. The van der Waals surface area contributed by atoms with Crippen LogP contribution in [0.25, 0.3) is 17.1 Å². The van der Waals surface area contributed by atoms with Crippen LogP contribution >= 0.6 is 23.8 Å². The molecule has 0 spiro atoms. The van der Waals surface area contributed by atoms with E-state index in [9.17, 15) is 9.59 Å². The van der Waals surface area contributed by atoms with Crippen molar-refractivity contribution < 1.29 is 4.79 Å². The highest BCUT2D eigenvalue weighted by atomic mass is 35.5. The van der Waals surface area contributed by atoms with E-state index >= 15 is 0 Å². The summed E-state index contributed by atoms with van der Waals surface area (Å²) in [6, 6.07) is 16.3. The van der Waals surface area contributed by atoms with E-state index in [-0.39, 0.29) is 17.8 Å². The fourth-order valence-corrected chi connectivity index (χ4v) is 3.64. The Kier molecular flexibility index (Phi) is 5.62. The summed E-state index contributed by atoms with van der Waals surface area (Å²) in [5.74, 6) is 0.113. The van der Waals surface area contributed by atoms with Crippen molar-refractivity contribution in [2.45, 2.75) is 13.5 Å². The van der Waals surface area contributed by atoms with Crippen molar-refractivity contribution in [3.8, 4) is 17.1 Å². The number of halogens is 1. The highest BCUT2D eigenvalue weighted by Crippen LogP contribution is 2.20. The topological polar surface area (TPSA) is 89.6 Å². The second-order valence-electron chi connectivity index (χ2n) is 6.93. The van der Waals surface area contributed by atoms with Gasteiger partial charge in [-0.1, -0.05) is 29.8 Å². The lowest BCUT2D eigenvalue weighted by atomic mass is 10.2. The van der Waals surface area contributed by atoms with Crippen LogP contribution in [0.2, 0.25) is 5.02 Å². The van der Waals surface area contributed by atoms with E-state index in [1.807, 2.05) is 30.3 Å². The van der Waals surface area contributed by atoms with Crippen molar-refractivity contribution in [2.24, 2.45) is 7.05 Å². The highest BCUT2D eigenvalue weighted by molar-refractivity contribution is 7.71. The minimum atomic E-state index is -0.390. The second kappa shape index (κ2) is 8.37. The number of anilines is 1. The number of H-pyrrole nitrogens is 1. The molecule has 2 heterocycles. The van der Waals surface area contributed by atoms with Crippen molar-refractivity contribution >= 4 is 35.4 Å². The molecule has 8 nitrogen and oxygen atoms in total. The van der Waals surface area contributed by atoms with E-state index in [4.69, 9.17) is 23.8 Å². The molecule has 2 aromatic carbocycles. The Hall–Kier alpha value is -3.43. The number of hydrogen-bond donors (Lipinski definition) is 2. The molecule has 2 aromatic heterocycles. The minimum Gasteiger partial charge on any atom is -0.318 e. The fourth-order valence-electron chi connectivity index (χ4n) is 3.32. The number of rotatable bonds is 5. The Bertz CT molecular complexity index is 1370. The van der Waals surface area contributed by atoms with E-state index < -0.39 is 5.91 Å². The Morgan fingerprint density at radius 2 is 1.84 bits per heavy atom. The Morgan fingerprint density at radius 1 is 1.16 bits per heavy atom. The zero-order valence-electron chi connectivity index (χ0n) is 16.8. The third-order valence-electron chi connectivity index (χ3n) is 4.98. The van der Waals surface area contributed by atoms with Crippen molar-refractivity contribution in [2.75, 3.05) is 5.32 Å². The zero-order chi connectivity index (χ0) is 22.1. The molecule has 10 heteroatoms. The monoisotopic (exact) mass is 454 g/mol. The number of benzene rings is 2. The average Bonchev–Trinajstić information content (AvgIpc) is 3.22. The van der Waals surface area contributed by atoms with Crippen molar-refractivity contribution in [3.05, 3.63) is 80.4 Å². The molecular weight excluding hydrogens is 436 g/mol. The Morgan fingerprint density at radius 3 is 2.52 bits per heavy atom. The first-order valence-corrected chi connectivity index (χ1v) is 10.2. The maximum absolute atomic E-state index is 13.0. The maximum atomic E-state index is 13.0. The lowest BCUT2D eigenvalue weighted by molar-refractivity contribution is -0.116. The van der Waals surface area contributed by atoms with E-state index in [2.05, 4.69) is 15.5 Å². The third kappa shape index (κ3) is 3.97. The van der Waals surface area contributed by atoms with Crippen molar-refractivity contribution in [1.29, 1.82) is 0 Å². The smallest absolute Gasteiger partial charge is 0.295 e. The molecule has 2 N–H and O–H groups in total. The van der Waals surface area contributed by atoms with Gasteiger partial charge in [0, 0.05) is 17.6 Å². The van der Waals surface area contributed by atoms with E-state index in [1.165, 1.54) is 4.68 Å². The lowest BCUT2D eigenvalue weighted by Gasteiger charge is -2.08. The van der Waals surface area contributed by atoms with Gasteiger partial charge in [-0.05, 0) is 55.5 Å². The number of nitrogens with zero attached hydrogens (tertiary/aromatic N) is 4. The van der Waals surface area contributed by atoms with Crippen LogP contribution in [0.1, 0.15) is 5.69 Å². The van der Waals surface area contributed by atoms with Crippen LogP contribution in [0.15, 0.2) is 59.4 Å². The number of carbonyl (C=O) groups is 1. The van der Waals surface area contributed by atoms with Gasteiger partial charge in [0.25, 0.3) is 5.56 Å². The van der Waals surface area contributed by atoms with Gasteiger partial charge in [-0.3, -0.25) is 23.9 Å². The van der Waals surface area contributed by atoms with Crippen LogP contribution in [-0.2, 0) is 18.4 Å². The molecule has 0 fully saturated rings. The number of nitrogens with one attached hydrogen (secondary N) is 2. The summed E-state index contributed by atoms with van der Waals surface area (Å²) in [6.45, 7) is 1.67. The van der Waals surface area contributed by atoms with E-state index in [0.29, 0.717) is 27.0 Å². The average molecular weight is 455 g/mol. The van der Waals surface area contributed by atoms with Crippen LogP contribution in [0.3, 0.4) is 0 Å². The van der Waals surface area contributed by atoms with Crippen molar-refractivity contribution in [3.63, 3.8) is 0 Å². The van der Waals surface area contributed by atoms with Crippen LogP contribution in [0.4, 0.5) is 5.69 Å². The highest BCUT2D eigenvalue weighted by Gasteiger charge is 2.19. The normalized spacial score (nSPS) is 10.9. The summed E-state index contributed by atoms with van der Waals surface area (Å²) in [7, 11) is 1.77. The van der Waals surface area contributed by atoms with E-state index in [1.54, 1.807) is 47.5 Å². The van der Waals surface area contributed by atoms with Gasteiger partial charge in [-0.15, -0.1) is 0 Å². The first-order chi connectivity index (χ1) is 14.9. The molecule has 0 bridgehead atoms. The quantitative estimate of drug-likeness (QED) is 0.450. The van der Waals surface area contributed by atoms with Gasteiger partial charge < -0.3 is 5.32 Å². The minimum absolute atomic E-state index is 0.105. The van der Waals surface area contributed by atoms with Gasteiger partial charge in [-0.25, -0.2) is 4.68 Å². The lowest BCUT2D eigenvalue weighted by Crippen LogP contribution is -2.25. The molecule has 4 rings (SSSR count). The number of aromatic nitrogens is 5. The molecule has 0 atom stereocenters. The van der Waals surface area contributed by atoms with Crippen LogP contribution in [0.5, 0.6) is 0 Å². The fraction of sp³-hybridized carbons (Fsp3) is 0.143. The number of hydrogen-bond acceptors (Lipinski definition) is 4. The van der Waals surface area contributed by atoms with Crippen molar-refractivity contribution in [1.82, 2.24) is 24.1 Å². The number of carbonyl (C=O) groups excluding carboxylic acids is 1. The van der Waals surface area contributed by atoms with Gasteiger partial charge in [0.15, 0.2) is 10.6 Å². The van der Waals surface area contributed by atoms with Crippen LogP contribution in [-0.4, -0.2) is 30.0 Å². The second-order valence-corrected chi connectivity index (χ2v) is 7.75. The SMILES string of the molecule is Cc1c(NC(=O)Cn2c(-c3ccc(Cl)cc3)n[nH]c2=S)c(=O)n(-c2ccccc2)n1C. The molecule has 0 aliphatic rings. The summed E-state index contributed by atoms with van der Waals surface area (Å²) >= 11 is 11.2. The maximum Gasteiger partial charge on any atom is 0.295 e. The largest absolute Gasteiger partial charge is 0.318 e. The van der Waals surface area contributed by atoms with Gasteiger partial charge in [0.05, 0.1) is 11.4 Å². The Balaban J connectivity index is 1.63. The Labute approximate surface area is 187 Å². The summed E-state index contributed by atoms with van der Waals surface area (Å²) in [4.78, 5) is 25.8. The summed E-state index contributed by atoms with van der Waals surface area (Å²) < 4.78 is 5.08. The summed E-state index contributed by atoms with van der Waals surface area (Å²) in [5, 5.41) is 10.3. The molecule has 1 amide bonds. The van der Waals surface area contributed by atoms with E-state index in [0.717, 1.165) is 5.56 Å². The summed E-state index contributed by atoms with van der Waals surface area (Å²) in [6.07, 6.45) is 0. The number of para-hydroxylation sites is 1. The molecule has 0 radical (unpaired) electrons. The molecular formula is C21H19ClN6O2S. The predicted octanol–water partition coefficient (Wildman–Crippen LogP) is 3.70. The molecule has 0 saturated heterocycles. The molecule has 0 unspecified atom stereocenters. The standard InChI is InChI=1S/C21H19ClN6O2S/c1-13-18(20(30)28(26(13)2)16-6-4-3-5-7-16)23-17(29)12-27-19(24-25-21(27)31)14-8-10-15(22)11-9-14/h3-11H,12H2,1-2H3,(H,23,29)(H,25,31). The first-order valence-electron chi connectivity index (χ1n) is 9.42. The zero-order valence-corrected chi connectivity index (χ0v) is 18.4. The molecule has 0 saturated carbocycles. The third-order valence-corrected chi connectivity index (χ3v) is 5.54.